The molecule has 3 nitrogen and oxygen atoms in total. The zero-order valence-corrected chi connectivity index (χ0v) is 13.0. The average molecular weight is 289 g/mol. The lowest BCUT2D eigenvalue weighted by atomic mass is 9.81. The number of benzene rings is 1. The van der Waals surface area contributed by atoms with Crippen LogP contribution in [0.1, 0.15) is 51.9 Å². The van der Waals surface area contributed by atoms with Gasteiger partial charge in [-0.05, 0) is 37.3 Å². The Hall–Kier alpha value is -1.51. The summed E-state index contributed by atoms with van der Waals surface area (Å²) in [5.74, 6) is 0.0440. The van der Waals surface area contributed by atoms with Gasteiger partial charge in [-0.1, -0.05) is 44.4 Å². The monoisotopic (exact) mass is 289 g/mol. The SMILES string of the molecule is CCC1CCCCC1N(CCCC(=O)O)c1ccccc1. The molecule has 0 aromatic heterocycles. The minimum atomic E-state index is -0.696. The number of rotatable bonds is 7. The Morgan fingerprint density at radius 2 is 1.95 bits per heavy atom. The molecule has 0 aliphatic heterocycles. The highest BCUT2D eigenvalue weighted by Crippen LogP contribution is 2.33. The van der Waals surface area contributed by atoms with Crippen molar-refractivity contribution in [3.63, 3.8) is 0 Å². The van der Waals surface area contributed by atoms with Crippen LogP contribution in [0.4, 0.5) is 5.69 Å². The van der Waals surface area contributed by atoms with Gasteiger partial charge in [-0.3, -0.25) is 4.79 Å². The molecule has 1 aliphatic rings. The van der Waals surface area contributed by atoms with Crippen molar-refractivity contribution in [1.82, 2.24) is 0 Å². The number of carboxylic acid groups (broad SMARTS) is 1. The second-order valence-corrected chi connectivity index (χ2v) is 6.05. The molecular formula is C18H27NO2. The van der Waals surface area contributed by atoms with Crippen molar-refractivity contribution in [1.29, 1.82) is 0 Å². The molecule has 0 heterocycles. The number of aliphatic carboxylic acids is 1. The van der Waals surface area contributed by atoms with Crippen LogP contribution in [0, 0.1) is 5.92 Å². The third-order valence-corrected chi connectivity index (χ3v) is 4.67. The van der Waals surface area contributed by atoms with Crippen LogP contribution in [0.2, 0.25) is 0 Å². The summed E-state index contributed by atoms with van der Waals surface area (Å²) in [6.07, 6.45) is 7.37. The minimum absolute atomic E-state index is 0.257. The van der Waals surface area contributed by atoms with Crippen molar-refractivity contribution in [2.75, 3.05) is 11.4 Å². The summed E-state index contributed by atoms with van der Waals surface area (Å²) in [6, 6.07) is 11.1. The van der Waals surface area contributed by atoms with E-state index < -0.39 is 5.97 Å². The average Bonchev–Trinajstić information content (AvgIpc) is 2.52. The van der Waals surface area contributed by atoms with Gasteiger partial charge in [-0.2, -0.15) is 0 Å². The van der Waals surface area contributed by atoms with Crippen molar-refractivity contribution in [2.24, 2.45) is 5.92 Å². The molecule has 1 aliphatic carbocycles. The zero-order chi connectivity index (χ0) is 15.1. The molecule has 1 N–H and O–H groups in total. The fraction of sp³-hybridized carbons (Fsp3) is 0.611. The number of para-hydroxylation sites is 1. The Morgan fingerprint density at radius 1 is 1.24 bits per heavy atom. The molecule has 3 heteroatoms. The smallest absolute Gasteiger partial charge is 0.303 e. The van der Waals surface area contributed by atoms with E-state index in [-0.39, 0.29) is 6.42 Å². The standard InChI is InChI=1S/C18H27NO2/c1-2-15-9-6-7-12-17(15)19(14-8-13-18(20)21)16-10-4-3-5-11-16/h3-5,10-11,15,17H,2,6-9,12-14H2,1H3,(H,20,21). The normalized spacial score (nSPS) is 22.0. The van der Waals surface area contributed by atoms with Crippen LogP contribution in [0.15, 0.2) is 30.3 Å². The van der Waals surface area contributed by atoms with E-state index in [1.54, 1.807) is 0 Å². The molecule has 116 valence electrons. The molecular weight excluding hydrogens is 262 g/mol. The van der Waals surface area contributed by atoms with Gasteiger partial charge >= 0.3 is 5.97 Å². The number of anilines is 1. The van der Waals surface area contributed by atoms with Crippen LogP contribution >= 0.6 is 0 Å². The Labute approximate surface area is 128 Å². The predicted molar refractivity (Wildman–Crippen MR) is 86.7 cm³/mol. The van der Waals surface area contributed by atoms with Crippen LogP contribution in [-0.4, -0.2) is 23.7 Å². The van der Waals surface area contributed by atoms with E-state index in [0.29, 0.717) is 6.04 Å². The molecule has 0 amide bonds. The van der Waals surface area contributed by atoms with Crippen molar-refractivity contribution in [2.45, 2.75) is 57.9 Å². The minimum Gasteiger partial charge on any atom is -0.481 e. The largest absolute Gasteiger partial charge is 0.481 e. The highest BCUT2D eigenvalue weighted by molar-refractivity contribution is 5.66. The van der Waals surface area contributed by atoms with Gasteiger partial charge < -0.3 is 10.0 Å². The van der Waals surface area contributed by atoms with Gasteiger partial charge in [0.25, 0.3) is 0 Å². The number of carbonyl (C=O) groups is 1. The summed E-state index contributed by atoms with van der Waals surface area (Å²) in [7, 11) is 0. The zero-order valence-electron chi connectivity index (χ0n) is 13.0. The van der Waals surface area contributed by atoms with E-state index in [0.717, 1.165) is 18.9 Å². The summed E-state index contributed by atoms with van der Waals surface area (Å²) in [5.41, 5.74) is 1.24. The van der Waals surface area contributed by atoms with Crippen LogP contribution in [0.3, 0.4) is 0 Å². The van der Waals surface area contributed by atoms with Crippen molar-refractivity contribution < 1.29 is 9.90 Å². The van der Waals surface area contributed by atoms with Gasteiger partial charge in [0, 0.05) is 24.7 Å². The Morgan fingerprint density at radius 3 is 2.62 bits per heavy atom. The van der Waals surface area contributed by atoms with E-state index in [9.17, 15) is 4.79 Å². The number of carboxylic acids is 1. The summed E-state index contributed by atoms with van der Waals surface area (Å²) in [5, 5.41) is 8.89. The van der Waals surface area contributed by atoms with E-state index >= 15 is 0 Å². The lowest BCUT2D eigenvalue weighted by molar-refractivity contribution is -0.137. The maximum Gasteiger partial charge on any atom is 0.303 e. The van der Waals surface area contributed by atoms with Crippen LogP contribution in [0.5, 0.6) is 0 Å². The summed E-state index contributed by atoms with van der Waals surface area (Å²) in [6.45, 7) is 3.13. The van der Waals surface area contributed by atoms with E-state index in [4.69, 9.17) is 5.11 Å². The Kier molecular flexibility index (Phi) is 6.09. The van der Waals surface area contributed by atoms with E-state index in [1.807, 2.05) is 6.07 Å². The van der Waals surface area contributed by atoms with Crippen LogP contribution in [0.25, 0.3) is 0 Å². The molecule has 1 saturated carbocycles. The van der Waals surface area contributed by atoms with E-state index in [2.05, 4.69) is 36.1 Å². The second kappa shape index (κ2) is 8.06. The van der Waals surface area contributed by atoms with Crippen LogP contribution in [-0.2, 0) is 4.79 Å². The third-order valence-electron chi connectivity index (χ3n) is 4.67. The lowest BCUT2D eigenvalue weighted by Crippen LogP contribution is -2.43. The fourth-order valence-electron chi connectivity index (χ4n) is 3.58. The Balaban J connectivity index is 2.12. The van der Waals surface area contributed by atoms with Gasteiger partial charge in [0.15, 0.2) is 0 Å². The highest BCUT2D eigenvalue weighted by atomic mass is 16.4. The van der Waals surface area contributed by atoms with Crippen molar-refractivity contribution >= 4 is 11.7 Å². The van der Waals surface area contributed by atoms with Gasteiger partial charge in [0.1, 0.15) is 0 Å². The molecule has 21 heavy (non-hydrogen) atoms. The number of hydrogen-bond donors (Lipinski definition) is 1. The molecule has 1 fully saturated rings. The first-order valence-corrected chi connectivity index (χ1v) is 8.26. The van der Waals surface area contributed by atoms with Crippen LogP contribution < -0.4 is 4.90 Å². The summed E-state index contributed by atoms with van der Waals surface area (Å²) < 4.78 is 0. The first-order chi connectivity index (χ1) is 10.2. The van der Waals surface area contributed by atoms with Crippen molar-refractivity contribution in [3.8, 4) is 0 Å². The number of hydrogen-bond acceptors (Lipinski definition) is 2. The molecule has 0 bridgehead atoms. The maximum absolute atomic E-state index is 10.8. The maximum atomic E-state index is 10.8. The third kappa shape index (κ3) is 4.48. The molecule has 2 rings (SSSR count). The fourth-order valence-corrected chi connectivity index (χ4v) is 3.58. The Bertz CT molecular complexity index is 432. The summed E-state index contributed by atoms with van der Waals surface area (Å²) >= 11 is 0. The molecule has 2 unspecified atom stereocenters. The molecule has 2 atom stereocenters. The molecule has 0 spiro atoms. The molecule has 0 radical (unpaired) electrons. The van der Waals surface area contributed by atoms with Gasteiger partial charge in [-0.15, -0.1) is 0 Å². The first-order valence-electron chi connectivity index (χ1n) is 8.26. The topological polar surface area (TPSA) is 40.5 Å². The summed E-state index contributed by atoms with van der Waals surface area (Å²) in [4.78, 5) is 13.3. The predicted octanol–water partition coefficient (Wildman–Crippen LogP) is 4.33. The lowest BCUT2D eigenvalue weighted by Gasteiger charge is -2.41. The highest BCUT2D eigenvalue weighted by Gasteiger charge is 2.29. The van der Waals surface area contributed by atoms with Gasteiger partial charge in [-0.25, -0.2) is 0 Å². The quantitative estimate of drug-likeness (QED) is 0.812. The number of nitrogens with zero attached hydrogens (tertiary/aromatic N) is 1. The van der Waals surface area contributed by atoms with Gasteiger partial charge in [0.05, 0.1) is 0 Å². The first kappa shape index (κ1) is 15.9. The second-order valence-electron chi connectivity index (χ2n) is 6.05. The van der Waals surface area contributed by atoms with E-state index in [1.165, 1.54) is 37.8 Å². The molecule has 1 aromatic carbocycles. The molecule has 0 saturated heterocycles. The van der Waals surface area contributed by atoms with Gasteiger partial charge in [0.2, 0.25) is 0 Å². The van der Waals surface area contributed by atoms with Crippen molar-refractivity contribution in [3.05, 3.63) is 30.3 Å². The molecule has 1 aromatic rings.